The van der Waals surface area contributed by atoms with Crippen LogP contribution in [-0.4, -0.2) is 22.1 Å². The number of aliphatic hydroxyl groups is 1. The lowest BCUT2D eigenvalue weighted by atomic mass is 10.2. The normalized spacial score (nSPS) is 10.3. The first-order valence-corrected chi connectivity index (χ1v) is 5.43. The van der Waals surface area contributed by atoms with Crippen LogP contribution in [0.25, 0.3) is 0 Å². The van der Waals surface area contributed by atoms with Crippen LogP contribution in [0.4, 0.5) is 11.5 Å². The number of hydrogen-bond donors (Lipinski definition) is 1. The molecule has 2 aromatic rings. The van der Waals surface area contributed by atoms with E-state index in [1.165, 1.54) is 5.56 Å². The van der Waals surface area contributed by atoms with Crippen molar-refractivity contribution in [1.82, 2.24) is 9.97 Å². The highest BCUT2D eigenvalue weighted by Gasteiger charge is 2.07. The molecular formula is C13H15N3O. The second-order valence-electron chi connectivity index (χ2n) is 3.87. The lowest BCUT2D eigenvalue weighted by Gasteiger charge is -2.19. The summed E-state index contributed by atoms with van der Waals surface area (Å²) in [5.74, 6) is 0.761. The van der Waals surface area contributed by atoms with E-state index in [9.17, 15) is 0 Å². The Morgan fingerprint density at radius 1 is 1.18 bits per heavy atom. The van der Waals surface area contributed by atoms with E-state index in [4.69, 9.17) is 5.11 Å². The molecule has 1 aromatic carbocycles. The molecule has 0 atom stereocenters. The molecule has 0 saturated carbocycles. The van der Waals surface area contributed by atoms with E-state index >= 15 is 0 Å². The fraction of sp³-hybridized carbons (Fsp3) is 0.231. The third-order valence-corrected chi connectivity index (χ3v) is 2.67. The Morgan fingerprint density at radius 3 is 2.53 bits per heavy atom. The smallest absolute Gasteiger partial charge is 0.151 e. The number of nitrogens with zero attached hydrogens (tertiary/aromatic N) is 3. The van der Waals surface area contributed by atoms with Gasteiger partial charge in [-0.05, 0) is 18.6 Å². The SMILES string of the molecule is Cc1ccccc1N(C)c1cnc(CO)cn1. The standard InChI is InChI=1S/C13H15N3O/c1-10-5-3-4-6-12(10)16(2)13-8-14-11(9-17)7-15-13/h3-8,17H,9H2,1-2H3. The van der Waals surface area contributed by atoms with Gasteiger partial charge in [0.15, 0.2) is 5.82 Å². The van der Waals surface area contributed by atoms with Crippen LogP contribution >= 0.6 is 0 Å². The molecule has 1 N–H and O–H groups in total. The van der Waals surface area contributed by atoms with Crippen molar-refractivity contribution in [3.8, 4) is 0 Å². The van der Waals surface area contributed by atoms with Gasteiger partial charge in [0.2, 0.25) is 0 Å². The summed E-state index contributed by atoms with van der Waals surface area (Å²) < 4.78 is 0. The van der Waals surface area contributed by atoms with Crippen molar-refractivity contribution in [2.45, 2.75) is 13.5 Å². The molecule has 0 aliphatic rings. The van der Waals surface area contributed by atoms with Crippen LogP contribution in [0.2, 0.25) is 0 Å². The van der Waals surface area contributed by atoms with Gasteiger partial charge in [-0.25, -0.2) is 4.98 Å². The van der Waals surface area contributed by atoms with Gasteiger partial charge in [0.25, 0.3) is 0 Å². The van der Waals surface area contributed by atoms with Crippen molar-refractivity contribution in [3.05, 3.63) is 47.9 Å². The van der Waals surface area contributed by atoms with Gasteiger partial charge in [0.1, 0.15) is 0 Å². The largest absolute Gasteiger partial charge is 0.390 e. The molecule has 17 heavy (non-hydrogen) atoms. The molecule has 0 aliphatic heterocycles. The van der Waals surface area contributed by atoms with E-state index in [1.54, 1.807) is 12.4 Å². The first kappa shape index (κ1) is 11.5. The summed E-state index contributed by atoms with van der Waals surface area (Å²) in [6, 6.07) is 8.10. The van der Waals surface area contributed by atoms with Gasteiger partial charge in [0, 0.05) is 12.7 Å². The summed E-state index contributed by atoms with van der Waals surface area (Å²) in [4.78, 5) is 10.4. The van der Waals surface area contributed by atoms with E-state index in [0.29, 0.717) is 5.69 Å². The molecule has 0 spiro atoms. The predicted octanol–water partition coefficient (Wildman–Crippen LogP) is 2.05. The van der Waals surface area contributed by atoms with E-state index in [0.717, 1.165) is 11.5 Å². The summed E-state index contributed by atoms with van der Waals surface area (Å²) in [6.45, 7) is 1.97. The first-order valence-electron chi connectivity index (χ1n) is 5.43. The van der Waals surface area contributed by atoms with Crippen molar-refractivity contribution in [3.63, 3.8) is 0 Å². The molecule has 0 radical (unpaired) electrons. The monoisotopic (exact) mass is 229 g/mol. The number of anilines is 2. The van der Waals surface area contributed by atoms with Gasteiger partial charge in [-0.3, -0.25) is 4.98 Å². The molecule has 0 aliphatic carbocycles. The molecule has 0 amide bonds. The summed E-state index contributed by atoms with van der Waals surface area (Å²) in [5, 5.41) is 8.91. The lowest BCUT2D eigenvalue weighted by Crippen LogP contribution is -2.13. The van der Waals surface area contributed by atoms with Gasteiger partial charge in [-0.15, -0.1) is 0 Å². The molecule has 2 rings (SSSR count). The molecule has 4 nitrogen and oxygen atoms in total. The fourth-order valence-electron chi connectivity index (χ4n) is 1.67. The average molecular weight is 229 g/mol. The van der Waals surface area contributed by atoms with Crippen molar-refractivity contribution in [1.29, 1.82) is 0 Å². The molecule has 1 heterocycles. The zero-order valence-corrected chi connectivity index (χ0v) is 9.96. The van der Waals surface area contributed by atoms with Crippen molar-refractivity contribution in [2.24, 2.45) is 0 Å². The molecule has 4 heteroatoms. The molecule has 88 valence electrons. The summed E-state index contributed by atoms with van der Waals surface area (Å²) >= 11 is 0. The number of para-hydroxylation sites is 1. The van der Waals surface area contributed by atoms with E-state index in [-0.39, 0.29) is 6.61 Å². The number of aryl methyl sites for hydroxylation is 1. The summed E-state index contributed by atoms with van der Waals surface area (Å²) in [6.07, 6.45) is 3.25. The number of rotatable bonds is 3. The molecule has 0 saturated heterocycles. The maximum atomic E-state index is 8.91. The first-order chi connectivity index (χ1) is 8.22. The number of hydrogen-bond acceptors (Lipinski definition) is 4. The summed E-state index contributed by atoms with van der Waals surface area (Å²) in [7, 11) is 1.95. The minimum atomic E-state index is -0.0820. The molecule has 0 unspecified atom stereocenters. The quantitative estimate of drug-likeness (QED) is 0.875. The Morgan fingerprint density at radius 2 is 1.94 bits per heavy atom. The highest BCUT2D eigenvalue weighted by molar-refractivity contribution is 5.62. The van der Waals surface area contributed by atoms with Crippen LogP contribution < -0.4 is 4.90 Å². The van der Waals surface area contributed by atoms with Crippen LogP contribution in [0.1, 0.15) is 11.3 Å². The van der Waals surface area contributed by atoms with Crippen LogP contribution in [0.15, 0.2) is 36.7 Å². The number of aliphatic hydroxyl groups excluding tert-OH is 1. The maximum absolute atomic E-state index is 8.91. The molecule has 0 fully saturated rings. The zero-order valence-electron chi connectivity index (χ0n) is 9.96. The van der Waals surface area contributed by atoms with Gasteiger partial charge >= 0.3 is 0 Å². The van der Waals surface area contributed by atoms with Crippen LogP contribution in [0.5, 0.6) is 0 Å². The van der Waals surface area contributed by atoms with Gasteiger partial charge < -0.3 is 10.0 Å². The van der Waals surface area contributed by atoms with Crippen molar-refractivity contribution < 1.29 is 5.11 Å². The van der Waals surface area contributed by atoms with Crippen LogP contribution in [0, 0.1) is 6.92 Å². The molecule has 0 bridgehead atoms. The van der Waals surface area contributed by atoms with Crippen LogP contribution in [0.3, 0.4) is 0 Å². The Hall–Kier alpha value is -1.94. The van der Waals surface area contributed by atoms with Gasteiger partial charge in [-0.1, -0.05) is 18.2 Å². The highest BCUT2D eigenvalue weighted by Crippen LogP contribution is 2.24. The van der Waals surface area contributed by atoms with Crippen molar-refractivity contribution >= 4 is 11.5 Å². The van der Waals surface area contributed by atoms with Gasteiger partial charge in [0.05, 0.1) is 24.7 Å². The Bertz CT molecular complexity index is 496. The van der Waals surface area contributed by atoms with E-state index < -0.39 is 0 Å². The number of aromatic nitrogens is 2. The van der Waals surface area contributed by atoms with Gasteiger partial charge in [-0.2, -0.15) is 0 Å². The topological polar surface area (TPSA) is 49.2 Å². The minimum absolute atomic E-state index is 0.0820. The van der Waals surface area contributed by atoms with E-state index in [1.807, 2.05) is 30.1 Å². The highest BCUT2D eigenvalue weighted by atomic mass is 16.3. The fourth-order valence-corrected chi connectivity index (χ4v) is 1.67. The third-order valence-electron chi connectivity index (χ3n) is 2.67. The Balaban J connectivity index is 2.30. The summed E-state index contributed by atoms with van der Waals surface area (Å²) in [5.41, 5.74) is 2.86. The number of benzene rings is 1. The third kappa shape index (κ3) is 2.42. The van der Waals surface area contributed by atoms with Crippen molar-refractivity contribution in [2.75, 3.05) is 11.9 Å². The Labute approximate surface area is 101 Å². The van der Waals surface area contributed by atoms with E-state index in [2.05, 4.69) is 23.0 Å². The maximum Gasteiger partial charge on any atom is 0.151 e. The average Bonchev–Trinajstić information content (AvgIpc) is 2.39. The molecule has 1 aromatic heterocycles. The second kappa shape index (κ2) is 4.93. The zero-order chi connectivity index (χ0) is 12.3. The predicted molar refractivity (Wildman–Crippen MR) is 67.2 cm³/mol. The van der Waals surface area contributed by atoms with Crippen LogP contribution in [-0.2, 0) is 6.61 Å². The minimum Gasteiger partial charge on any atom is -0.390 e. The molecular weight excluding hydrogens is 214 g/mol. The second-order valence-corrected chi connectivity index (χ2v) is 3.87. The Kier molecular flexibility index (Phi) is 3.35. The lowest BCUT2D eigenvalue weighted by molar-refractivity contribution is 0.276.